The molecule has 3 N–H and O–H groups in total. The molecule has 2 aliphatic rings. The minimum absolute atomic E-state index is 0.182. The number of rotatable bonds is 1. The Morgan fingerprint density at radius 2 is 1.92 bits per heavy atom. The standard InChI is InChI=1S/C8H14N2O2/c11-8(12)10-7-3-5-1-2-6(4-7)9-5/h5-7,9-10H,1-4H2,(H,11,12)/t5-,6?,7?/m0/s1. The molecule has 2 rings (SSSR count). The van der Waals surface area contributed by atoms with Crippen LogP contribution >= 0.6 is 0 Å². The van der Waals surface area contributed by atoms with E-state index in [-0.39, 0.29) is 6.04 Å². The number of nitrogens with one attached hydrogen (secondary N) is 2. The largest absolute Gasteiger partial charge is 0.465 e. The summed E-state index contributed by atoms with van der Waals surface area (Å²) >= 11 is 0. The fourth-order valence-electron chi connectivity index (χ4n) is 2.35. The second-order valence-electron chi connectivity index (χ2n) is 3.76. The predicted molar refractivity (Wildman–Crippen MR) is 44.1 cm³/mol. The van der Waals surface area contributed by atoms with Crippen LogP contribution in [0.1, 0.15) is 25.7 Å². The average molecular weight is 170 g/mol. The van der Waals surface area contributed by atoms with Gasteiger partial charge in [0.1, 0.15) is 0 Å². The zero-order chi connectivity index (χ0) is 8.55. The molecule has 1 amide bonds. The molecule has 0 aromatic rings. The van der Waals surface area contributed by atoms with Gasteiger partial charge in [-0.2, -0.15) is 0 Å². The highest BCUT2D eigenvalue weighted by atomic mass is 16.4. The number of hydrogen-bond acceptors (Lipinski definition) is 2. The van der Waals surface area contributed by atoms with Crippen molar-refractivity contribution in [3.63, 3.8) is 0 Å². The molecule has 68 valence electrons. The van der Waals surface area contributed by atoms with Gasteiger partial charge in [0.05, 0.1) is 0 Å². The molecule has 2 fully saturated rings. The predicted octanol–water partition coefficient (Wildman–Crippen LogP) is 0.537. The molecule has 4 heteroatoms. The summed E-state index contributed by atoms with van der Waals surface area (Å²) in [5.74, 6) is 0. The summed E-state index contributed by atoms with van der Waals surface area (Å²) in [5, 5.41) is 14.5. The van der Waals surface area contributed by atoms with Crippen molar-refractivity contribution < 1.29 is 9.90 Å². The van der Waals surface area contributed by atoms with Crippen molar-refractivity contribution in [3.8, 4) is 0 Å². The van der Waals surface area contributed by atoms with E-state index in [1.807, 2.05) is 0 Å². The van der Waals surface area contributed by atoms with Crippen LogP contribution in [0.25, 0.3) is 0 Å². The summed E-state index contributed by atoms with van der Waals surface area (Å²) in [4.78, 5) is 10.4. The van der Waals surface area contributed by atoms with Crippen LogP contribution in [-0.4, -0.2) is 29.3 Å². The van der Waals surface area contributed by atoms with Crippen molar-refractivity contribution in [2.75, 3.05) is 0 Å². The Morgan fingerprint density at radius 3 is 2.42 bits per heavy atom. The van der Waals surface area contributed by atoms with Gasteiger partial charge < -0.3 is 15.7 Å². The third kappa shape index (κ3) is 1.53. The topological polar surface area (TPSA) is 61.4 Å². The van der Waals surface area contributed by atoms with Gasteiger partial charge in [0.15, 0.2) is 0 Å². The van der Waals surface area contributed by atoms with Gasteiger partial charge in [0.2, 0.25) is 0 Å². The van der Waals surface area contributed by atoms with E-state index in [2.05, 4.69) is 10.6 Å². The summed E-state index contributed by atoms with van der Waals surface area (Å²) in [5.41, 5.74) is 0. The Balaban J connectivity index is 1.89. The quantitative estimate of drug-likeness (QED) is 0.538. The highest BCUT2D eigenvalue weighted by molar-refractivity contribution is 5.64. The molecule has 0 aromatic carbocycles. The molecule has 3 atom stereocenters. The highest BCUT2D eigenvalue weighted by Gasteiger charge is 2.33. The summed E-state index contributed by atoms with van der Waals surface area (Å²) in [6.45, 7) is 0. The van der Waals surface area contributed by atoms with Crippen LogP contribution in [0.4, 0.5) is 4.79 Å². The molecular weight excluding hydrogens is 156 g/mol. The van der Waals surface area contributed by atoms with Gasteiger partial charge in [-0.15, -0.1) is 0 Å². The number of hydrogen-bond donors (Lipinski definition) is 3. The van der Waals surface area contributed by atoms with Crippen molar-refractivity contribution in [2.24, 2.45) is 0 Å². The van der Waals surface area contributed by atoms with Crippen LogP contribution < -0.4 is 10.6 Å². The maximum absolute atomic E-state index is 10.4. The minimum Gasteiger partial charge on any atom is -0.465 e. The SMILES string of the molecule is O=C(O)NC1CC2CC[C@@H](C1)N2. The number of carbonyl (C=O) groups is 1. The molecular formula is C8H14N2O2. The molecule has 0 aliphatic carbocycles. The minimum atomic E-state index is -0.888. The zero-order valence-electron chi connectivity index (χ0n) is 6.92. The molecule has 2 heterocycles. The lowest BCUT2D eigenvalue weighted by Gasteiger charge is -2.28. The monoisotopic (exact) mass is 170 g/mol. The van der Waals surface area contributed by atoms with Crippen molar-refractivity contribution >= 4 is 6.09 Å². The van der Waals surface area contributed by atoms with Gasteiger partial charge >= 0.3 is 6.09 Å². The number of carboxylic acid groups (broad SMARTS) is 1. The van der Waals surface area contributed by atoms with Gasteiger partial charge in [-0.05, 0) is 25.7 Å². The lowest BCUT2D eigenvalue weighted by atomic mass is 10.0. The second kappa shape index (κ2) is 2.94. The van der Waals surface area contributed by atoms with Crippen molar-refractivity contribution in [2.45, 2.75) is 43.8 Å². The van der Waals surface area contributed by atoms with Crippen LogP contribution in [0, 0.1) is 0 Å². The Hall–Kier alpha value is -0.770. The molecule has 4 nitrogen and oxygen atoms in total. The normalized spacial score (nSPS) is 39.5. The lowest BCUT2D eigenvalue weighted by molar-refractivity contribution is 0.183. The van der Waals surface area contributed by atoms with Crippen molar-refractivity contribution in [1.29, 1.82) is 0 Å². The Morgan fingerprint density at radius 1 is 1.33 bits per heavy atom. The van der Waals surface area contributed by atoms with E-state index in [1.165, 1.54) is 12.8 Å². The Kier molecular flexibility index (Phi) is 1.92. The van der Waals surface area contributed by atoms with Gasteiger partial charge in [0.25, 0.3) is 0 Å². The van der Waals surface area contributed by atoms with Gasteiger partial charge in [-0.3, -0.25) is 0 Å². The van der Waals surface area contributed by atoms with Gasteiger partial charge in [0, 0.05) is 18.1 Å². The third-order valence-electron chi connectivity index (χ3n) is 2.80. The van der Waals surface area contributed by atoms with E-state index in [4.69, 9.17) is 5.11 Å². The van der Waals surface area contributed by atoms with Gasteiger partial charge in [-0.1, -0.05) is 0 Å². The molecule has 0 saturated carbocycles. The molecule has 2 unspecified atom stereocenters. The fourth-order valence-corrected chi connectivity index (χ4v) is 2.35. The second-order valence-corrected chi connectivity index (χ2v) is 3.76. The van der Waals surface area contributed by atoms with Gasteiger partial charge in [-0.25, -0.2) is 4.79 Å². The molecule has 2 saturated heterocycles. The van der Waals surface area contributed by atoms with Crippen LogP contribution in [-0.2, 0) is 0 Å². The fraction of sp³-hybridized carbons (Fsp3) is 0.875. The van der Waals surface area contributed by atoms with E-state index >= 15 is 0 Å². The Bertz CT molecular complexity index is 183. The van der Waals surface area contributed by atoms with Crippen LogP contribution in [0.3, 0.4) is 0 Å². The average Bonchev–Trinajstić information content (AvgIpc) is 2.29. The van der Waals surface area contributed by atoms with Crippen molar-refractivity contribution in [3.05, 3.63) is 0 Å². The highest BCUT2D eigenvalue weighted by Crippen LogP contribution is 2.26. The van der Waals surface area contributed by atoms with Crippen LogP contribution in [0.15, 0.2) is 0 Å². The molecule has 0 spiro atoms. The number of piperidine rings is 1. The van der Waals surface area contributed by atoms with E-state index in [1.54, 1.807) is 0 Å². The number of amides is 1. The molecule has 12 heavy (non-hydrogen) atoms. The first-order valence-corrected chi connectivity index (χ1v) is 4.49. The third-order valence-corrected chi connectivity index (χ3v) is 2.80. The summed E-state index contributed by atoms with van der Waals surface area (Å²) in [6.07, 6.45) is 3.46. The first kappa shape index (κ1) is 7.86. The van der Waals surface area contributed by atoms with E-state index in [0.29, 0.717) is 12.1 Å². The maximum atomic E-state index is 10.4. The van der Waals surface area contributed by atoms with Crippen LogP contribution in [0.2, 0.25) is 0 Å². The molecule has 2 bridgehead atoms. The molecule has 0 radical (unpaired) electrons. The first-order valence-electron chi connectivity index (χ1n) is 4.49. The molecule has 0 aromatic heterocycles. The van der Waals surface area contributed by atoms with E-state index in [0.717, 1.165) is 12.8 Å². The van der Waals surface area contributed by atoms with E-state index < -0.39 is 6.09 Å². The van der Waals surface area contributed by atoms with E-state index in [9.17, 15) is 4.79 Å². The summed E-state index contributed by atoms with van der Waals surface area (Å²) < 4.78 is 0. The summed E-state index contributed by atoms with van der Waals surface area (Å²) in [6, 6.07) is 1.29. The smallest absolute Gasteiger partial charge is 0.404 e. The number of fused-ring (bicyclic) bond motifs is 2. The zero-order valence-corrected chi connectivity index (χ0v) is 6.92. The maximum Gasteiger partial charge on any atom is 0.404 e. The molecule has 2 aliphatic heterocycles. The summed E-state index contributed by atoms with van der Waals surface area (Å²) in [7, 11) is 0. The lowest BCUT2D eigenvalue weighted by Crippen LogP contribution is -2.47. The first-order chi connectivity index (χ1) is 5.74. The van der Waals surface area contributed by atoms with Crippen LogP contribution in [0.5, 0.6) is 0 Å². The van der Waals surface area contributed by atoms with Crippen molar-refractivity contribution in [1.82, 2.24) is 10.6 Å². The Labute approximate surface area is 71.3 Å².